The molecule has 2 fully saturated rings. The molecule has 21 heavy (non-hydrogen) atoms. The first-order valence-corrected chi connectivity index (χ1v) is 8.37. The van der Waals surface area contributed by atoms with Gasteiger partial charge in [-0.3, -0.25) is 0 Å². The van der Waals surface area contributed by atoms with Crippen LogP contribution >= 0.6 is 0 Å². The Hall–Kier alpha value is -1.29. The minimum atomic E-state index is -0.138. The first-order chi connectivity index (χ1) is 10.2. The molecule has 4 heteroatoms. The lowest BCUT2D eigenvalue weighted by molar-refractivity contribution is 0.145. The van der Waals surface area contributed by atoms with Crippen LogP contribution in [0.15, 0.2) is 18.3 Å². The van der Waals surface area contributed by atoms with Gasteiger partial charge in [-0.1, -0.05) is 6.92 Å². The van der Waals surface area contributed by atoms with Crippen molar-refractivity contribution in [3.05, 3.63) is 18.3 Å². The van der Waals surface area contributed by atoms with Crippen molar-refractivity contribution in [3.8, 4) is 0 Å². The highest BCUT2D eigenvalue weighted by atomic mass is 16.3. The van der Waals surface area contributed by atoms with E-state index >= 15 is 0 Å². The molecule has 2 heterocycles. The standard InChI is InChI=1S/C17H27N3O/c1-13-4-6-14(7-5-13)19-16-3-2-10-18-17(16)20-11-8-15(21)9-12-20/h2-3,10,13-15,19,21H,4-9,11-12H2,1H3. The van der Waals surface area contributed by atoms with Crippen LogP contribution in [0, 0.1) is 5.92 Å². The number of hydrogen-bond acceptors (Lipinski definition) is 4. The zero-order chi connectivity index (χ0) is 14.7. The summed E-state index contributed by atoms with van der Waals surface area (Å²) in [6.07, 6.45) is 8.58. The molecular formula is C17H27N3O. The highest BCUT2D eigenvalue weighted by Crippen LogP contribution is 2.30. The number of aromatic nitrogens is 1. The van der Waals surface area contributed by atoms with Gasteiger partial charge < -0.3 is 15.3 Å². The van der Waals surface area contributed by atoms with Crippen LogP contribution in [0.2, 0.25) is 0 Å². The summed E-state index contributed by atoms with van der Waals surface area (Å²) in [5.74, 6) is 1.93. The van der Waals surface area contributed by atoms with Gasteiger partial charge in [-0.25, -0.2) is 4.98 Å². The van der Waals surface area contributed by atoms with E-state index in [1.54, 1.807) is 0 Å². The molecule has 1 aromatic rings. The third kappa shape index (κ3) is 3.67. The smallest absolute Gasteiger partial charge is 0.151 e. The number of rotatable bonds is 3. The summed E-state index contributed by atoms with van der Waals surface area (Å²) >= 11 is 0. The van der Waals surface area contributed by atoms with Crippen LogP contribution in [-0.2, 0) is 0 Å². The third-order valence-corrected chi connectivity index (χ3v) is 4.93. The van der Waals surface area contributed by atoms with E-state index < -0.39 is 0 Å². The van der Waals surface area contributed by atoms with Crippen molar-refractivity contribution in [1.29, 1.82) is 0 Å². The van der Waals surface area contributed by atoms with E-state index in [2.05, 4.69) is 28.2 Å². The van der Waals surface area contributed by atoms with E-state index in [1.807, 2.05) is 12.3 Å². The summed E-state index contributed by atoms with van der Waals surface area (Å²) in [5.41, 5.74) is 1.16. The fourth-order valence-electron chi connectivity index (χ4n) is 3.46. The number of nitrogens with zero attached hydrogens (tertiary/aromatic N) is 2. The van der Waals surface area contributed by atoms with Crippen molar-refractivity contribution in [1.82, 2.24) is 4.98 Å². The molecule has 0 aromatic carbocycles. The summed E-state index contributed by atoms with van der Waals surface area (Å²) in [4.78, 5) is 6.90. The van der Waals surface area contributed by atoms with Gasteiger partial charge in [0.25, 0.3) is 0 Å². The predicted molar refractivity (Wildman–Crippen MR) is 86.7 cm³/mol. The Morgan fingerprint density at radius 1 is 1.14 bits per heavy atom. The molecule has 0 unspecified atom stereocenters. The molecule has 0 amide bonds. The van der Waals surface area contributed by atoms with Crippen molar-refractivity contribution in [2.45, 2.75) is 57.6 Å². The molecule has 1 aromatic heterocycles. The fourth-order valence-corrected chi connectivity index (χ4v) is 3.46. The second kappa shape index (κ2) is 6.65. The molecule has 2 N–H and O–H groups in total. The Labute approximate surface area is 127 Å². The van der Waals surface area contributed by atoms with E-state index in [-0.39, 0.29) is 6.10 Å². The second-order valence-electron chi connectivity index (χ2n) is 6.69. The number of aliphatic hydroxyl groups excluding tert-OH is 1. The topological polar surface area (TPSA) is 48.4 Å². The minimum Gasteiger partial charge on any atom is -0.393 e. The molecule has 1 aliphatic heterocycles. The Morgan fingerprint density at radius 3 is 2.57 bits per heavy atom. The summed E-state index contributed by atoms with van der Waals surface area (Å²) in [6, 6.07) is 4.74. The average Bonchev–Trinajstić information content (AvgIpc) is 2.51. The lowest BCUT2D eigenvalue weighted by Gasteiger charge is -2.33. The van der Waals surface area contributed by atoms with Crippen LogP contribution in [0.1, 0.15) is 45.4 Å². The number of aliphatic hydroxyl groups is 1. The van der Waals surface area contributed by atoms with Gasteiger partial charge in [-0.15, -0.1) is 0 Å². The molecule has 1 saturated heterocycles. The van der Waals surface area contributed by atoms with Crippen molar-refractivity contribution in [2.75, 3.05) is 23.3 Å². The summed E-state index contributed by atoms with van der Waals surface area (Å²) < 4.78 is 0. The maximum absolute atomic E-state index is 9.67. The molecule has 0 spiro atoms. The highest BCUT2D eigenvalue weighted by Gasteiger charge is 2.23. The van der Waals surface area contributed by atoms with Gasteiger partial charge in [0.2, 0.25) is 0 Å². The number of piperidine rings is 1. The first kappa shape index (κ1) is 14.6. The lowest BCUT2D eigenvalue weighted by Crippen LogP contribution is -2.37. The number of nitrogens with one attached hydrogen (secondary N) is 1. The van der Waals surface area contributed by atoms with Crippen molar-refractivity contribution in [2.24, 2.45) is 5.92 Å². The minimum absolute atomic E-state index is 0.138. The van der Waals surface area contributed by atoms with E-state index in [4.69, 9.17) is 0 Å². The molecule has 2 aliphatic rings. The largest absolute Gasteiger partial charge is 0.393 e. The Bertz CT molecular complexity index is 449. The van der Waals surface area contributed by atoms with Crippen LogP contribution in [-0.4, -0.2) is 35.3 Å². The summed E-state index contributed by atoms with van der Waals surface area (Å²) in [7, 11) is 0. The lowest BCUT2D eigenvalue weighted by atomic mass is 9.87. The molecule has 3 rings (SSSR count). The summed E-state index contributed by atoms with van der Waals surface area (Å²) in [5, 5.41) is 13.4. The quantitative estimate of drug-likeness (QED) is 0.898. The molecular weight excluding hydrogens is 262 g/mol. The van der Waals surface area contributed by atoms with E-state index in [9.17, 15) is 5.11 Å². The van der Waals surface area contributed by atoms with Crippen molar-refractivity contribution in [3.63, 3.8) is 0 Å². The van der Waals surface area contributed by atoms with E-state index in [0.717, 1.165) is 43.4 Å². The second-order valence-corrected chi connectivity index (χ2v) is 6.69. The average molecular weight is 289 g/mol. The first-order valence-electron chi connectivity index (χ1n) is 8.37. The summed E-state index contributed by atoms with van der Waals surface area (Å²) in [6.45, 7) is 4.15. The van der Waals surface area contributed by atoms with Gasteiger partial charge in [0.15, 0.2) is 5.82 Å². The van der Waals surface area contributed by atoms with Gasteiger partial charge in [0.1, 0.15) is 0 Å². The Kier molecular flexibility index (Phi) is 4.63. The van der Waals surface area contributed by atoms with Gasteiger partial charge >= 0.3 is 0 Å². The number of pyridine rings is 1. The normalized spacial score (nSPS) is 27.6. The Morgan fingerprint density at radius 2 is 1.86 bits per heavy atom. The predicted octanol–water partition coefficient (Wildman–Crippen LogP) is 3.03. The van der Waals surface area contributed by atoms with Gasteiger partial charge in [0.05, 0.1) is 11.8 Å². The van der Waals surface area contributed by atoms with E-state index in [0.29, 0.717) is 6.04 Å². The van der Waals surface area contributed by atoms with Crippen molar-refractivity contribution < 1.29 is 5.11 Å². The molecule has 1 saturated carbocycles. The van der Waals surface area contributed by atoms with Crippen molar-refractivity contribution >= 4 is 11.5 Å². The molecule has 0 bridgehead atoms. The van der Waals surface area contributed by atoms with Crippen LogP contribution < -0.4 is 10.2 Å². The van der Waals surface area contributed by atoms with Gasteiger partial charge in [0, 0.05) is 25.3 Å². The number of anilines is 2. The monoisotopic (exact) mass is 289 g/mol. The van der Waals surface area contributed by atoms with Crippen LogP contribution in [0.4, 0.5) is 11.5 Å². The maximum Gasteiger partial charge on any atom is 0.151 e. The van der Waals surface area contributed by atoms with Crippen LogP contribution in [0.5, 0.6) is 0 Å². The van der Waals surface area contributed by atoms with Gasteiger partial charge in [-0.2, -0.15) is 0 Å². The SMILES string of the molecule is CC1CCC(Nc2cccnc2N2CCC(O)CC2)CC1. The number of hydrogen-bond donors (Lipinski definition) is 2. The fraction of sp³-hybridized carbons (Fsp3) is 0.706. The molecule has 4 nitrogen and oxygen atoms in total. The molecule has 0 atom stereocenters. The Balaban J connectivity index is 1.67. The zero-order valence-corrected chi connectivity index (χ0v) is 13.0. The molecule has 1 aliphatic carbocycles. The van der Waals surface area contributed by atoms with E-state index in [1.165, 1.54) is 25.7 Å². The highest BCUT2D eigenvalue weighted by molar-refractivity contribution is 5.66. The van der Waals surface area contributed by atoms with Gasteiger partial charge in [-0.05, 0) is 56.6 Å². The van der Waals surface area contributed by atoms with Crippen LogP contribution in [0.3, 0.4) is 0 Å². The third-order valence-electron chi connectivity index (χ3n) is 4.93. The molecule has 0 radical (unpaired) electrons. The maximum atomic E-state index is 9.67. The molecule has 116 valence electrons. The van der Waals surface area contributed by atoms with Crippen LogP contribution in [0.25, 0.3) is 0 Å². The zero-order valence-electron chi connectivity index (χ0n) is 13.0.